The molecule has 0 aliphatic heterocycles. The summed E-state index contributed by atoms with van der Waals surface area (Å²) in [5, 5.41) is 3.30. The van der Waals surface area contributed by atoms with Crippen molar-refractivity contribution in [3.05, 3.63) is 76.0 Å². The zero-order valence-electron chi connectivity index (χ0n) is 16.8. The minimum Gasteiger partial charge on any atom is -0.467 e. The molecular weight excluding hydrogens is 392 g/mol. The topological polar surface area (TPSA) is 73.5 Å². The number of anilines is 1. The number of nitrogens with zero attached hydrogens (tertiary/aromatic N) is 1. The van der Waals surface area contributed by atoms with Gasteiger partial charge in [0.1, 0.15) is 5.76 Å². The number of carbonyl (C=O) groups is 2. The Morgan fingerprint density at radius 3 is 2.66 bits per heavy atom. The molecule has 1 amide bonds. The van der Waals surface area contributed by atoms with E-state index in [0.29, 0.717) is 22.8 Å². The van der Waals surface area contributed by atoms with Gasteiger partial charge in [-0.1, -0.05) is 17.7 Å². The Bertz CT molecular complexity index is 1040. The third-order valence-electron chi connectivity index (χ3n) is 4.87. The first-order valence-electron chi connectivity index (χ1n) is 9.24. The molecule has 1 aromatic carbocycles. The highest BCUT2D eigenvalue weighted by molar-refractivity contribution is 6.31. The second-order valence-electron chi connectivity index (χ2n) is 6.90. The lowest BCUT2D eigenvalue weighted by Gasteiger charge is -2.15. The highest BCUT2D eigenvalue weighted by atomic mass is 35.5. The number of furan rings is 1. The molecule has 0 radical (unpaired) electrons. The first kappa shape index (κ1) is 20.7. The zero-order valence-corrected chi connectivity index (χ0v) is 17.5. The van der Waals surface area contributed by atoms with E-state index >= 15 is 0 Å². The Labute approximate surface area is 174 Å². The quantitative estimate of drug-likeness (QED) is 0.582. The molecule has 29 heavy (non-hydrogen) atoms. The minimum absolute atomic E-state index is 0.423. The zero-order chi connectivity index (χ0) is 21.1. The fourth-order valence-electron chi connectivity index (χ4n) is 3.06. The summed E-state index contributed by atoms with van der Waals surface area (Å²) in [5.41, 5.74) is 3.41. The van der Waals surface area contributed by atoms with Crippen molar-refractivity contribution < 1.29 is 18.7 Å². The van der Waals surface area contributed by atoms with Crippen molar-refractivity contribution in [2.75, 3.05) is 5.32 Å². The van der Waals surface area contributed by atoms with Crippen LogP contribution >= 0.6 is 11.6 Å². The van der Waals surface area contributed by atoms with Crippen molar-refractivity contribution in [3.63, 3.8) is 0 Å². The average molecular weight is 415 g/mol. The van der Waals surface area contributed by atoms with Crippen molar-refractivity contribution in [3.8, 4) is 0 Å². The van der Waals surface area contributed by atoms with Crippen LogP contribution in [0, 0.1) is 20.8 Å². The Balaban J connectivity index is 1.69. The van der Waals surface area contributed by atoms with Crippen LogP contribution in [-0.2, 0) is 16.1 Å². The van der Waals surface area contributed by atoms with Gasteiger partial charge in [0.25, 0.3) is 5.91 Å². The molecule has 7 heteroatoms. The fourth-order valence-corrected chi connectivity index (χ4v) is 3.24. The van der Waals surface area contributed by atoms with Gasteiger partial charge >= 0.3 is 5.97 Å². The van der Waals surface area contributed by atoms with Crippen molar-refractivity contribution in [2.45, 2.75) is 40.3 Å². The van der Waals surface area contributed by atoms with Gasteiger partial charge in [0.2, 0.25) is 0 Å². The predicted octanol–water partition coefficient (Wildman–Crippen LogP) is 4.89. The molecule has 0 aliphatic carbocycles. The van der Waals surface area contributed by atoms with Crippen LogP contribution in [0.2, 0.25) is 5.02 Å². The lowest BCUT2D eigenvalue weighted by Crippen LogP contribution is -2.30. The molecule has 0 spiro atoms. The Hall–Kier alpha value is -2.99. The molecule has 0 aliphatic rings. The van der Waals surface area contributed by atoms with Crippen LogP contribution in [-0.4, -0.2) is 22.5 Å². The Morgan fingerprint density at radius 1 is 1.21 bits per heavy atom. The second kappa shape index (κ2) is 8.57. The summed E-state index contributed by atoms with van der Waals surface area (Å²) >= 11 is 6.08. The number of esters is 1. The van der Waals surface area contributed by atoms with E-state index in [1.54, 1.807) is 30.5 Å². The minimum atomic E-state index is -0.964. The monoisotopic (exact) mass is 414 g/mol. The van der Waals surface area contributed by atoms with Crippen LogP contribution in [0.3, 0.4) is 0 Å². The van der Waals surface area contributed by atoms with E-state index in [4.69, 9.17) is 20.8 Å². The number of amides is 1. The van der Waals surface area contributed by atoms with Gasteiger partial charge in [-0.3, -0.25) is 4.79 Å². The summed E-state index contributed by atoms with van der Waals surface area (Å²) in [7, 11) is 0. The van der Waals surface area contributed by atoms with E-state index < -0.39 is 18.0 Å². The summed E-state index contributed by atoms with van der Waals surface area (Å²) in [6.07, 6.45) is 0.648. The fraction of sp³-hybridized carbons (Fsp3) is 0.273. The van der Waals surface area contributed by atoms with Crippen LogP contribution in [0.5, 0.6) is 0 Å². The van der Waals surface area contributed by atoms with E-state index in [-0.39, 0.29) is 0 Å². The number of carbonyl (C=O) groups excluding carboxylic acids is 2. The number of halogens is 1. The smallest absolute Gasteiger partial charge is 0.340 e. The van der Waals surface area contributed by atoms with Crippen LogP contribution in [0.1, 0.15) is 40.0 Å². The van der Waals surface area contributed by atoms with Crippen molar-refractivity contribution >= 4 is 29.2 Å². The van der Waals surface area contributed by atoms with Gasteiger partial charge in [0.15, 0.2) is 6.10 Å². The highest BCUT2D eigenvalue weighted by Gasteiger charge is 2.23. The van der Waals surface area contributed by atoms with Crippen LogP contribution < -0.4 is 5.32 Å². The maximum absolute atomic E-state index is 12.7. The number of aryl methyl sites for hydroxylation is 1. The molecule has 3 aromatic rings. The molecule has 0 saturated carbocycles. The standard InChI is InChI=1S/C22H23ClN2O4/c1-13-11-18(15(3)25(13)12-17-7-6-10-28-17)22(27)29-16(4)21(26)24-20-9-5-8-19(23)14(20)2/h5-11,16H,12H2,1-4H3,(H,24,26)/t16-/m1/s1. The molecular formula is C22H23ClN2O4. The number of benzene rings is 1. The number of ether oxygens (including phenoxy) is 1. The predicted molar refractivity (Wildman–Crippen MR) is 111 cm³/mol. The molecule has 0 saturated heterocycles. The highest BCUT2D eigenvalue weighted by Crippen LogP contribution is 2.23. The third kappa shape index (κ3) is 4.54. The van der Waals surface area contributed by atoms with Gasteiger partial charge in [-0.25, -0.2) is 4.79 Å². The summed E-state index contributed by atoms with van der Waals surface area (Å²) < 4.78 is 12.8. The summed E-state index contributed by atoms with van der Waals surface area (Å²) in [4.78, 5) is 25.1. The molecule has 2 aromatic heterocycles. The van der Waals surface area contributed by atoms with Gasteiger partial charge in [-0.2, -0.15) is 0 Å². The molecule has 152 valence electrons. The van der Waals surface area contributed by atoms with Gasteiger partial charge in [0, 0.05) is 22.1 Å². The summed E-state index contributed by atoms with van der Waals surface area (Å²) in [6.45, 7) is 7.61. The Kier molecular flexibility index (Phi) is 6.13. The number of nitrogens with one attached hydrogen (secondary N) is 1. The first-order valence-corrected chi connectivity index (χ1v) is 9.61. The Morgan fingerprint density at radius 2 is 1.97 bits per heavy atom. The van der Waals surface area contributed by atoms with E-state index in [1.165, 1.54) is 6.92 Å². The SMILES string of the molecule is Cc1c(Cl)cccc1NC(=O)[C@@H](C)OC(=O)c1cc(C)n(Cc2ccco2)c1C. The van der Waals surface area contributed by atoms with Gasteiger partial charge in [-0.05, 0) is 63.6 Å². The summed E-state index contributed by atoms with van der Waals surface area (Å²) in [5.74, 6) is -0.182. The lowest BCUT2D eigenvalue weighted by molar-refractivity contribution is -0.123. The maximum Gasteiger partial charge on any atom is 0.340 e. The molecule has 0 unspecified atom stereocenters. The largest absolute Gasteiger partial charge is 0.467 e. The van der Waals surface area contributed by atoms with Crippen LogP contribution in [0.4, 0.5) is 5.69 Å². The van der Waals surface area contributed by atoms with Gasteiger partial charge in [-0.15, -0.1) is 0 Å². The van der Waals surface area contributed by atoms with Crippen molar-refractivity contribution in [1.82, 2.24) is 4.57 Å². The molecule has 0 bridgehead atoms. The van der Waals surface area contributed by atoms with E-state index in [9.17, 15) is 9.59 Å². The van der Waals surface area contributed by atoms with E-state index in [2.05, 4.69) is 5.32 Å². The van der Waals surface area contributed by atoms with E-state index in [1.807, 2.05) is 37.5 Å². The number of hydrogen-bond acceptors (Lipinski definition) is 4. The lowest BCUT2D eigenvalue weighted by atomic mass is 10.2. The second-order valence-corrected chi connectivity index (χ2v) is 7.31. The normalized spacial score (nSPS) is 11.9. The number of hydrogen-bond donors (Lipinski definition) is 1. The summed E-state index contributed by atoms with van der Waals surface area (Å²) in [6, 6.07) is 10.7. The average Bonchev–Trinajstić information content (AvgIpc) is 3.29. The molecule has 3 rings (SSSR count). The van der Waals surface area contributed by atoms with Crippen molar-refractivity contribution in [1.29, 1.82) is 0 Å². The first-order chi connectivity index (χ1) is 13.8. The van der Waals surface area contributed by atoms with Crippen molar-refractivity contribution in [2.24, 2.45) is 0 Å². The number of rotatable bonds is 6. The maximum atomic E-state index is 12.7. The molecule has 2 heterocycles. The van der Waals surface area contributed by atoms with Crippen LogP contribution in [0.25, 0.3) is 0 Å². The third-order valence-corrected chi connectivity index (χ3v) is 5.28. The van der Waals surface area contributed by atoms with E-state index in [0.717, 1.165) is 22.7 Å². The molecule has 1 atom stereocenters. The molecule has 6 nitrogen and oxygen atoms in total. The molecule has 0 fully saturated rings. The van der Waals surface area contributed by atoms with Crippen LogP contribution in [0.15, 0.2) is 47.1 Å². The molecule has 1 N–H and O–H groups in total. The van der Waals surface area contributed by atoms with Gasteiger partial charge < -0.3 is 19.0 Å². The van der Waals surface area contributed by atoms with Gasteiger partial charge in [0.05, 0.1) is 18.4 Å². The number of aromatic nitrogens is 1.